The number of hydrogen-bond donors (Lipinski definition) is 0. The van der Waals surface area contributed by atoms with E-state index in [-0.39, 0.29) is 11.6 Å². The first-order valence-corrected chi connectivity index (χ1v) is 10.6. The summed E-state index contributed by atoms with van der Waals surface area (Å²) in [4.78, 5) is 20.5. The second-order valence-electron chi connectivity index (χ2n) is 7.56. The second kappa shape index (κ2) is 10.1. The smallest absolute Gasteiger partial charge is 0.254 e. The van der Waals surface area contributed by atoms with E-state index in [0.29, 0.717) is 55.0 Å². The van der Waals surface area contributed by atoms with Crippen molar-refractivity contribution in [3.05, 3.63) is 71.0 Å². The fourth-order valence-electron chi connectivity index (χ4n) is 3.73. The Bertz CT molecular complexity index is 1260. The minimum Gasteiger partial charge on any atom is -0.493 e. The number of benzene rings is 2. The summed E-state index contributed by atoms with van der Waals surface area (Å²) < 4.78 is 29.9. The normalized spacial score (nSPS) is 13.7. The van der Waals surface area contributed by atoms with Gasteiger partial charge in [-0.1, -0.05) is 12.1 Å². The number of methoxy groups -OCH3 is 2. The van der Waals surface area contributed by atoms with E-state index in [4.69, 9.17) is 13.9 Å². The summed E-state index contributed by atoms with van der Waals surface area (Å²) in [5.41, 5.74) is 1.34. The van der Waals surface area contributed by atoms with Crippen molar-refractivity contribution in [2.75, 3.05) is 45.3 Å². The van der Waals surface area contributed by atoms with Crippen LogP contribution in [0.4, 0.5) is 10.3 Å². The summed E-state index contributed by atoms with van der Waals surface area (Å²) in [5, 5.41) is 9.53. The number of amides is 1. The largest absolute Gasteiger partial charge is 0.493 e. The number of aromatic nitrogens is 1. The van der Waals surface area contributed by atoms with Crippen LogP contribution in [0.2, 0.25) is 0 Å². The Balaban J connectivity index is 1.45. The number of ether oxygens (including phenoxy) is 2. The van der Waals surface area contributed by atoms with Crippen LogP contribution in [0.1, 0.15) is 27.5 Å². The molecule has 0 saturated carbocycles. The van der Waals surface area contributed by atoms with Gasteiger partial charge in [0, 0.05) is 37.8 Å². The highest BCUT2D eigenvalue weighted by Gasteiger charge is 2.26. The number of piperazine rings is 1. The zero-order chi connectivity index (χ0) is 24.1. The van der Waals surface area contributed by atoms with Crippen molar-refractivity contribution < 1.29 is 23.1 Å². The Morgan fingerprint density at radius 2 is 1.85 bits per heavy atom. The molecule has 0 atom stereocenters. The highest BCUT2D eigenvalue weighted by molar-refractivity contribution is 5.94. The molecule has 1 saturated heterocycles. The van der Waals surface area contributed by atoms with Gasteiger partial charge in [-0.2, -0.15) is 10.2 Å². The number of oxazole rings is 1. The van der Waals surface area contributed by atoms with Gasteiger partial charge in [-0.25, -0.2) is 4.39 Å². The summed E-state index contributed by atoms with van der Waals surface area (Å²) in [6.45, 7) is 1.75. The number of nitriles is 1. The maximum Gasteiger partial charge on any atom is 0.254 e. The Morgan fingerprint density at radius 1 is 1.09 bits per heavy atom. The van der Waals surface area contributed by atoms with E-state index >= 15 is 0 Å². The number of carbonyl (C=O) groups is 1. The first-order chi connectivity index (χ1) is 16.5. The molecule has 0 spiro atoms. The summed E-state index contributed by atoms with van der Waals surface area (Å²) in [5.74, 6) is 1.21. The van der Waals surface area contributed by atoms with Gasteiger partial charge in [0.15, 0.2) is 11.5 Å². The molecule has 174 valence electrons. The van der Waals surface area contributed by atoms with Gasteiger partial charge in [0.1, 0.15) is 11.9 Å². The van der Waals surface area contributed by atoms with Crippen molar-refractivity contribution >= 4 is 23.9 Å². The third-order valence-electron chi connectivity index (χ3n) is 5.48. The van der Waals surface area contributed by atoms with Gasteiger partial charge in [0.2, 0.25) is 17.5 Å². The summed E-state index contributed by atoms with van der Waals surface area (Å²) >= 11 is 0. The summed E-state index contributed by atoms with van der Waals surface area (Å²) in [6.07, 6.45) is 3.48. The molecule has 2 heterocycles. The quantitative estimate of drug-likeness (QED) is 0.550. The third-order valence-corrected chi connectivity index (χ3v) is 5.48. The fraction of sp³-hybridized carbons (Fsp3) is 0.240. The van der Waals surface area contributed by atoms with Crippen molar-refractivity contribution in [2.24, 2.45) is 0 Å². The molecule has 9 heteroatoms. The molecule has 2 aromatic carbocycles. The van der Waals surface area contributed by atoms with Crippen molar-refractivity contribution in [3.63, 3.8) is 0 Å². The predicted octanol–water partition coefficient (Wildman–Crippen LogP) is 3.84. The maximum atomic E-state index is 13.5. The lowest BCUT2D eigenvalue weighted by molar-refractivity contribution is 0.0745. The molecule has 1 aliphatic rings. The average molecular weight is 462 g/mol. The van der Waals surface area contributed by atoms with E-state index in [1.54, 1.807) is 43.4 Å². The lowest BCUT2D eigenvalue weighted by atomic mass is 10.1. The fourth-order valence-corrected chi connectivity index (χ4v) is 3.73. The van der Waals surface area contributed by atoms with E-state index in [2.05, 4.69) is 11.1 Å². The third kappa shape index (κ3) is 4.86. The van der Waals surface area contributed by atoms with Crippen molar-refractivity contribution in [3.8, 4) is 17.6 Å². The molecule has 1 fully saturated rings. The van der Waals surface area contributed by atoms with Crippen LogP contribution in [0.3, 0.4) is 0 Å². The molecule has 4 rings (SSSR count). The average Bonchev–Trinajstić information content (AvgIpc) is 3.30. The molecular formula is C25H23FN4O4. The highest BCUT2D eigenvalue weighted by Crippen LogP contribution is 2.29. The van der Waals surface area contributed by atoms with Gasteiger partial charge in [0.25, 0.3) is 5.91 Å². The lowest BCUT2D eigenvalue weighted by Gasteiger charge is -2.34. The van der Waals surface area contributed by atoms with Gasteiger partial charge in [-0.15, -0.1) is 0 Å². The number of rotatable bonds is 6. The first-order valence-electron chi connectivity index (χ1n) is 10.6. The molecule has 0 radical (unpaired) electrons. The lowest BCUT2D eigenvalue weighted by Crippen LogP contribution is -2.48. The van der Waals surface area contributed by atoms with Crippen LogP contribution in [-0.4, -0.2) is 56.2 Å². The number of halogens is 1. The van der Waals surface area contributed by atoms with Gasteiger partial charge in [-0.3, -0.25) is 4.79 Å². The summed E-state index contributed by atoms with van der Waals surface area (Å²) in [7, 11) is 3.14. The molecule has 0 N–H and O–H groups in total. The zero-order valence-electron chi connectivity index (χ0n) is 18.8. The Hall–Kier alpha value is -4.32. The molecule has 0 aliphatic carbocycles. The SMILES string of the molecule is COc1ccc(/C=C/c2nc(C#N)c(N3CCN(C(=O)c4cccc(F)c4)CC3)o2)cc1OC. The second-order valence-corrected chi connectivity index (χ2v) is 7.56. The predicted molar refractivity (Wildman–Crippen MR) is 124 cm³/mol. The van der Waals surface area contributed by atoms with Crippen LogP contribution in [-0.2, 0) is 0 Å². The summed E-state index contributed by atoms with van der Waals surface area (Å²) in [6, 6.07) is 13.2. The van der Waals surface area contributed by atoms with E-state index in [1.807, 2.05) is 17.0 Å². The standard InChI is InChI=1S/C25H23FN4O4/c1-32-21-8-6-17(14-22(21)33-2)7-9-23-28-20(16-27)25(34-23)30-12-10-29(11-13-30)24(31)18-4-3-5-19(26)15-18/h3-9,14-15H,10-13H2,1-2H3/b9-7+. The molecular weight excluding hydrogens is 439 g/mol. The van der Waals surface area contributed by atoms with Crippen LogP contribution >= 0.6 is 0 Å². The number of carbonyl (C=O) groups excluding carboxylic acids is 1. The maximum absolute atomic E-state index is 13.5. The highest BCUT2D eigenvalue weighted by atomic mass is 19.1. The van der Waals surface area contributed by atoms with E-state index in [0.717, 1.165) is 5.56 Å². The van der Waals surface area contributed by atoms with Gasteiger partial charge < -0.3 is 23.7 Å². The van der Waals surface area contributed by atoms with Crippen LogP contribution in [0.5, 0.6) is 11.5 Å². The molecule has 1 aromatic heterocycles. The van der Waals surface area contributed by atoms with Crippen LogP contribution in [0.15, 0.2) is 46.9 Å². The number of anilines is 1. The van der Waals surface area contributed by atoms with Gasteiger partial charge in [-0.05, 0) is 42.0 Å². The topological polar surface area (TPSA) is 91.8 Å². The van der Waals surface area contributed by atoms with Crippen LogP contribution in [0, 0.1) is 17.1 Å². The Labute approximate surface area is 196 Å². The first kappa shape index (κ1) is 22.9. The molecule has 8 nitrogen and oxygen atoms in total. The van der Waals surface area contributed by atoms with Gasteiger partial charge in [0.05, 0.1) is 14.2 Å². The zero-order valence-corrected chi connectivity index (χ0v) is 18.8. The molecule has 3 aromatic rings. The van der Waals surface area contributed by atoms with Crippen molar-refractivity contribution in [1.29, 1.82) is 5.26 Å². The molecule has 34 heavy (non-hydrogen) atoms. The van der Waals surface area contributed by atoms with Crippen molar-refractivity contribution in [1.82, 2.24) is 9.88 Å². The van der Waals surface area contributed by atoms with Gasteiger partial charge >= 0.3 is 0 Å². The Morgan fingerprint density at radius 3 is 2.53 bits per heavy atom. The van der Waals surface area contributed by atoms with Crippen LogP contribution in [0.25, 0.3) is 12.2 Å². The van der Waals surface area contributed by atoms with Crippen molar-refractivity contribution in [2.45, 2.75) is 0 Å². The molecule has 1 aliphatic heterocycles. The molecule has 1 amide bonds. The minimum absolute atomic E-state index is 0.178. The Kier molecular flexibility index (Phi) is 6.78. The van der Waals surface area contributed by atoms with Crippen LogP contribution < -0.4 is 14.4 Å². The van der Waals surface area contributed by atoms with E-state index in [9.17, 15) is 14.4 Å². The molecule has 0 unspecified atom stereocenters. The van der Waals surface area contributed by atoms with E-state index < -0.39 is 5.82 Å². The number of nitrogens with zero attached hydrogens (tertiary/aromatic N) is 4. The number of hydrogen-bond acceptors (Lipinski definition) is 7. The minimum atomic E-state index is -0.446. The molecule has 0 bridgehead atoms. The van der Waals surface area contributed by atoms with E-state index in [1.165, 1.54) is 18.2 Å². The monoisotopic (exact) mass is 462 g/mol.